The van der Waals surface area contributed by atoms with Gasteiger partial charge in [-0.1, -0.05) is 0 Å². The first kappa shape index (κ1) is 20.5. The van der Waals surface area contributed by atoms with Crippen LogP contribution >= 0.6 is 0 Å². The van der Waals surface area contributed by atoms with Gasteiger partial charge >= 0.3 is 0 Å². The van der Waals surface area contributed by atoms with E-state index in [1.807, 2.05) is 42.1 Å². The number of rotatable bonds is 9. The van der Waals surface area contributed by atoms with Gasteiger partial charge in [0.05, 0.1) is 37.3 Å². The molecule has 1 aliphatic rings. The van der Waals surface area contributed by atoms with Crippen LogP contribution in [0.3, 0.4) is 0 Å². The highest BCUT2D eigenvalue weighted by molar-refractivity contribution is 6.22. The van der Waals surface area contributed by atoms with Crippen molar-refractivity contribution in [2.45, 2.75) is 19.9 Å². The first-order chi connectivity index (χ1) is 14.0. The normalized spacial score (nSPS) is 15.3. The highest BCUT2D eigenvalue weighted by Gasteiger charge is 2.15. The van der Waals surface area contributed by atoms with E-state index in [9.17, 15) is 4.79 Å². The Morgan fingerprint density at radius 3 is 2.62 bits per heavy atom. The summed E-state index contributed by atoms with van der Waals surface area (Å²) in [4.78, 5) is 16.6. The number of carbonyl (C=O) groups is 1. The summed E-state index contributed by atoms with van der Waals surface area (Å²) in [6, 6.07) is 7.91. The third-order valence-corrected chi connectivity index (χ3v) is 4.58. The number of allylic oxidation sites excluding steroid dienone is 3. The molecule has 0 spiro atoms. The molecule has 0 radical (unpaired) electrons. The highest BCUT2D eigenvalue weighted by atomic mass is 16.3. The lowest BCUT2D eigenvalue weighted by Crippen LogP contribution is -2.26. The Morgan fingerprint density at radius 2 is 1.93 bits per heavy atom. The molecule has 3 rings (SSSR count). The number of hydrogen-bond donors (Lipinski definition) is 3. The maximum absolute atomic E-state index is 11.9. The molecule has 152 valence electrons. The Hall–Kier alpha value is -3.19. The lowest BCUT2D eigenvalue weighted by atomic mass is 10.0. The number of aryl methyl sites for hydroxylation is 2. The molecular weight excluding hydrogens is 366 g/mol. The minimum atomic E-state index is -0.0439. The van der Waals surface area contributed by atoms with Gasteiger partial charge in [0.15, 0.2) is 5.78 Å². The van der Waals surface area contributed by atoms with Crippen molar-refractivity contribution in [1.82, 2.24) is 9.88 Å². The van der Waals surface area contributed by atoms with Gasteiger partial charge in [-0.15, -0.1) is 0 Å². The van der Waals surface area contributed by atoms with Gasteiger partial charge in [-0.2, -0.15) is 0 Å². The molecular formula is C22H28N5O2+. The van der Waals surface area contributed by atoms with Crippen LogP contribution in [0.1, 0.15) is 13.3 Å². The molecule has 0 aliphatic heterocycles. The molecule has 0 saturated heterocycles. The Bertz CT molecular complexity index is 938. The number of carbonyl (C=O) groups excluding carboxylic acids is 1. The van der Waals surface area contributed by atoms with Gasteiger partial charge in [-0.05, 0) is 42.8 Å². The summed E-state index contributed by atoms with van der Waals surface area (Å²) in [6.45, 7) is 4.00. The first-order valence-electron chi connectivity index (χ1n) is 9.78. The third-order valence-electron chi connectivity index (χ3n) is 4.58. The number of aromatic nitrogens is 2. The fourth-order valence-electron chi connectivity index (χ4n) is 3.02. The molecule has 7 heteroatoms. The number of aliphatic hydroxyl groups excluding tert-OH is 1. The summed E-state index contributed by atoms with van der Waals surface area (Å²) in [6.07, 6.45) is 10.5. The second-order valence-electron chi connectivity index (χ2n) is 7.04. The molecule has 29 heavy (non-hydrogen) atoms. The van der Waals surface area contributed by atoms with Gasteiger partial charge in [0.2, 0.25) is 6.33 Å². The molecule has 2 aromatic rings. The number of hydrogen-bond acceptors (Lipinski definition) is 5. The predicted octanol–water partition coefficient (Wildman–Crippen LogP) is 1.88. The molecule has 1 aromatic heterocycles. The number of nitrogens with zero attached hydrogens (tertiary/aromatic N) is 3. The number of anilines is 1. The summed E-state index contributed by atoms with van der Waals surface area (Å²) < 4.78 is 4.20. The number of benzene rings is 1. The largest absolute Gasteiger partial charge is 0.395 e. The van der Waals surface area contributed by atoms with E-state index in [1.165, 1.54) is 6.08 Å². The maximum Gasteiger partial charge on any atom is 0.243 e. The standard InChI is InChI=1S/C22H27N5O2/c1-17-14-21(20(15-22(17)29)24-9-13-28)25-19-6-4-18(5-7-19)23-8-3-10-27-12-11-26(2)16-27/h4-7,11-12,14-16,28H,3,8-10,13H2,1-2H3,(H-,23,24,29)/p+1. The van der Waals surface area contributed by atoms with Crippen LogP contribution in [0.4, 0.5) is 11.4 Å². The SMILES string of the molecule is CC1=CC(=Nc2ccc(NCCCn3cc[n+](C)c3)cc2)C(NCCO)=CC1=O. The first-order valence-corrected chi connectivity index (χ1v) is 9.78. The minimum Gasteiger partial charge on any atom is -0.395 e. The average Bonchev–Trinajstić information content (AvgIpc) is 3.13. The van der Waals surface area contributed by atoms with Crippen LogP contribution < -0.4 is 15.2 Å². The average molecular weight is 394 g/mol. The Balaban J connectivity index is 1.58. The Labute approximate surface area is 171 Å². The summed E-state index contributed by atoms with van der Waals surface area (Å²) in [5.74, 6) is -0.0439. The Kier molecular flexibility index (Phi) is 6.97. The summed E-state index contributed by atoms with van der Waals surface area (Å²) in [5, 5.41) is 15.5. The lowest BCUT2D eigenvalue weighted by molar-refractivity contribution is -0.671. The van der Waals surface area contributed by atoms with E-state index in [-0.39, 0.29) is 12.4 Å². The van der Waals surface area contributed by atoms with E-state index in [4.69, 9.17) is 5.11 Å². The number of aliphatic hydroxyl groups is 1. The zero-order chi connectivity index (χ0) is 20.6. The van der Waals surface area contributed by atoms with Crippen LogP contribution in [0.15, 0.2) is 71.4 Å². The molecule has 1 heterocycles. The molecule has 0 atom stereocenters. The van der Waals surface area contributed by atoms with E-state index in [2.05, 4.69) is 32.7 Å². The third kappa shape index (κ3) is 5.89. The fraction of sp³-hybridized carbons (Fsp3) is 0.318. The minimum absolute atomic E-state index is 0.00927. The zero-order valence-corrected chi connectivity index (χ0v) is 16.9. The van der Waals surface area contributed by atoms with Gasteiger partial charge < -0.3 is 15.7 Å². The van der Waals surface area contributed by atoms with Crippen molar-refractivity contribution >= 4 is 22.9 Å². The van der Waals surface area contributed by atoms with E-state index >= 15 is 0 Å². The molecule has 1 aliphatic carbocycles. The zero-order valence-electron chi connectivity index (χ0n) is 16.9. The highest BCUT2D eigenvalue weighted by Crippen LogP contribution is 2.20. The van der Waals surface area contributed by atoms with E-state index in [1.54, 1.807) is 13.0 Å². The van der Waals surface area contributed by atoms with Crippen LogP contribution in [-0.4, -0.2) is 40.9 Å². The van der Waals surface area contributed by atoms with Crippen molar-refractivity contribution in [1.29, 1.82) is 0 Å². The maximum atomic E-state index is 11.9. The Morgan fingerprint density at radius 1 is 1.14 bits per heavy atom. The summed E-state index contributed by atoms with van der Waals surface area (Å²) in [7, 11) is 2.02. The molecule has 7 nitrogen and oxygen atoms in total. The molecule has 0 amide bonds. The van der Waals surface area contributed by atoms with Crippen LogP contribution in [-0.2, 0) is 18.4 Å². The number of nitrogens with one attached hydrogen (secondary N) is 2. The predicted molar refractivity (Wildman–Crippen MR) is 114 cm³/mol. The second-order valence-corrected chi connectivity index (χ2v) is 7.04. The second kappa shape index (κ2) is 9.84. The van der Waals surface area contributed by atoms with E-state index in [0.717, 1.165) is 30.9 Å². The van der Waals surface area contributed by atoms with Gasteiger partial charge in [-0.3, -0.25) is 4.79 Å². The van der Waals surface area contributed by atoms with Crippen LogP contribution in [0.25, 0.3) is 0 Å². The van der Waals surface area contributed by atoms with Crippen molar-refractivity contribution in [3.05, 3.63) is 66.4 Å². The van der Waals surface area contributed by atoms with Gasteiger partial charge in [0.25, 0.3) is 0 Å². The molecule has 0 saturated carbocycles. The van der Waals surface area contributed by atoms with Crippen molar-refractivity contribution in [2.75, 3.05) is 25.0 Å². The smallest absolute Gasteiger partial charge is 0.243 e. The number of imidazole rings is 1. The molecule has 1 aromatic carbocycles. The molecule has 3 N–H and O–H groups in total. The van der Waals surface area contributed by atoms with Crippen molar-refractivity contribution < 1.29 is 14.5 Å². The quantitative estimate of drug-likeness (QED) is 0.345. The van der Waals surface area contributed by atoms with Gasteiger partial charge in [0.1, 0.15) is 12.4 Å². The molecule has 0 bridgehead atoms. The van der Waals surface area contributed by atoms with Crippen LogP contribution in [0.5, 0.6) is 0 Å². The van der Waals surface area contributed by atoms with Crippen LogP contribution in [0, 0.1) is 0 Å². The topological polar surface area (TPSA) is 82.5 Å². The molecule has 0 unspecified atom stereocenters. The lowest BCUT2D eigenvalue weighted by Gasteiger charge is -2.15. The van der Waals surface area contributed by atoms with Gasteiger partial charge in [0, 0.05) is 31.3 Å². The number of ketones is 1. The number of aliphatic imine (C=N–C) groups is 1. The fourth-order valence-corrected chi connectivity index (χ4v) is 3.02. The van der Waals surface area contributed by atoms with Gasteiger partial charge in [-0.25, -0.2) is 14.1 Å². The summed E-state index contributed by atoms with van der Waals surface area (Å²) >= 11 is 0. The van der Waals surface area contributed by atoms with Crippen molar-refractivity contribution in [3.8, 4) is 0 Å². The monoisotopic (exact) mass is 394 g/mol. The van der Waals surface area contributed by atoms with Crippen molar-refractivity contribution in [2.24, 2.45) is 12.0 Å². The summed E-state index contributed by atoms with van der Waals surface area (Å²) in [5.41, 5.74) is 3.83. The molecule has 0 fully saturated rings. The van der Waals surface area contributed by atoms with E-state index < -0.39 is 0 Å². The van der Waals surface area contributed by atoms with Crippen LogP contribution in [0.2, 0.25) is 0 Å². The van der Waals surface area contributed by atoms with Crippen molar-refractivity contribution in [3.63, 3.8) is 0 Å². The van der Waals surface area contributed by atoms with E-state index in [0.29, 0.717) is 23.5 Å².